The van der Waals surface area contributed by atoms with E-state index in [0.717, 1.165) is 25.9 Å². The van der Waals surface area contributed by atoms with Crippen LogP contribution in [0.5, 0.6) is 0 Å². The summed E-state index contributed by atoms with van der Waals surface area (Å²) in [6.45, 7) is 7.58. The number of amides is 1. The zero-order valence-corrected chi connectivity index (χ0v) is 11.8. The Morgan fingerprint density at radius 3 is 2.33 bits per heavy atom. The van der Waals surface area contributed by atoms with Crippen molar-refractivity contribution in [3.8, 4) is 0 Å². The fourth-order valence-electron chi connectivity index (χ4n) is 2.23. The van der Waals surface area contributed by atoms with E-state index in [1.165, 1.54) is 7.11 Å². The van der Waals surface area contributed by atoms with E-state index in [1.54, 1.807) is 4.90 Å². The highest BCUT2D eigenvalue weighted by Gasteiger charge is 2.39. The smallest absolute Gasteiger partial charge is 0.325 e. The third kappa shape index (κ3) is 3.45. The number of nitrogens with one attached hydrogen (secondary N) is 1. The van der Waals surface area contributed by atoms with Crippen LogP contribution in [0.4, 0.5) is 0 Å². The van der Waals surface area contributed by atoms with Crippen molar-refractivity contribution in [2.24, 2.45) is 5.41 Å². The van der Waals surface area contributed by atoms with Gasteiger partial charge in [0.15, 0.2) is 0 Å². The van der Waals surface area contributed by atoms with Gasteiger partial charge < -0.3 is 15.0 Å². The second-order valence-electron chi connectivity index (χ2n) is 5.41. The van der Waals surface area contributed by atoms with Crippen molar-refractivity contribution < 1.29 is 14.3 Å². The van der Waals surface area contributed by atoms with E-state index in [2.05, 4.69) is 10.1 Å². The molecule has 1 fully saturated rings. The molecule has 0 aromatic heterocycles. The van der Waals surface area contributed by atoms with Crippen molar-refractivity contribution in [2.75, 3.05) is 26.7 Å². The summed E-state index contributed by atoms with van der Waals surface area (Å²) in [5.74, 6) is -0.306. The van der Waals surface area contributed by atoms with Crippen LogP contribution in [-0.2, 0) is 14.3 Å². The van der Waals surface area contributed by atoms with Gasteiger partial charge in [-0.05, 0) is 39.8 Å². The fraction of sp³-hybridized carbons (Fsp3) is 0.846. The van der Waals surface area contributed by atoms with Crippen molar-refractivity contribution in [3.05, 3.63) is 0 Å². The molecule has 0 saturated carbocycles. The van der Waals surface area contributed by atoms with Crippen molar-refractivity contribution in [3.63, 3.8) is 0 Å². The van der Waals surface area contributed by atoms with Crippen LogP contribution < -0.4 is 5.32 Å². The normalized spacial score (nSPS) is 18.5. The number of hydrogen-bond donors (Lipinski definition) is 1. The Hall–Kier alpha value is -1.10. The average molecular weight is 256 g/mol. The van der Waals surface area contributed by atoms with Crippen molar-refractivity contribution in [1.82, 2.24) is 10.2 Å². The topological polar surface area (TPSA) is 58.6 Å². The van der Waals surface area contributed by atoms with Crippen LogP contribution in [0.15, 0.2) is 0 Å². The summed E-state index contributed by atoms with van der Waals surface area (Å²) in [5, 5.41) is 3.25. The molecule has 1 aliphatic rings. The number of rotatable bonds is 4. The molecular weight excluding hydrogens is 232 g/mol. The molecular formula is C13H24N2O3. The van der Waals surface area contributed by atoms with E-state index in [-0.39, 0.29) is 29.9 Å². The first-order chi connectivity index (χ1) is 8.40. The van der Waals surface area contributed by atoms with Crippen molar-refractivity contribution >= 4 is 11.9 Å². The van der Waals surface area contributed by atoms with Crippen LogP contribution in [0.3, 0.4) is 0 Å². The summed E-state index contributed by atoms with van der Waals surface area (Å²) in [7, 11) is 1.34. The van der Waals surface area contributed by atoms with Gasteiger partial charge in [-0.2, -0.15) is 0 Å². The molecule has 5 nitrogen and oxygen atoms in total. The summed E-state index contributed by atoms with van der Waals surface area (Å²) >= 11 is 0. The second kappa shape index (κ2) is 6.18. The molecule has 1 rings (SSSR count). The molecule has 0 radical (unpaired) electrons. The molecule has 0 bridgehead atoms. The first-order valence-corrected chi connectivity index (χ1v) is 6.49. The third-order valence-electron chi connectivity index (χ3n) is 3.63. The summed E-state index contributed by atoms with van der Waals surface area (Å²) in [6.07, 6.45) is 1.63. The number of piperidine rings is 1. The van der Waals surface area contributed by atoms with Crippen LogP contribution >= 0.6 is 0 Å². The molecule has 0 aromatic rings. The Morgan fingerprint density at radius 2 is 1.89 bits per heavy atom. The molecule has 1 saturated heterocycles. The molecule has 5 heteroatoms. The quantitative estimate of drug-likeness (QED) is 0.755. The highest BCUT2D eigenvalue weighted by molar-refractivity contribution is 5.86. The average Bonchev–Trinajstić information content (AvgIpc) is 2.35. The SMILES string of the molecule is COC(=O)CN(C(=O)C1(C)CCNCC1)C(C)C. The maximum Gasteiger partial charge on any atom is 0.325 e. The maximum absolute atomic E-state index is 12.6. The van der Waals surface area contributed by atoms with E-state index in [9.17, 15) is 9.59 Å². The molecule has 1 aliphatic heterocycles. The van der Waals surface area contributed by atoms with Crippen LogP contribution in [0.1, 0.15) is 33.6 Å². The molecule has 0 atom stereocenters. The summed E-state index contributed by atoms with van der Waals surface area (Å²) < 4.78 is 4.66. The lowest BCUT2D eigenvalue weighted by molar-refractivity contribution is -0.153. The third-order valence-corrected chi connectivity index (χ3v) is 3.63. The first-order valence-electron chi connectivity index (χ1n) is 6.49. The Morgan fingerprint density at radius 1 is 1.33 bits per heavy atom. The maximum atomic E-state index is 12.6. The van der Waals surface area contributed by atoms with Gasteiger partial charge in [0, 0.05) is 11.5 Å². The molecule has 0 aliphatic carbocycles. The summed E-state index contributed by atoms with van der Waals surface area (Å²) in [4.78, 5) is 25.6. The summed E-state index contributed by atoms with van der Waals surface area (Å²) in [6, 6.07) is 0.00307. The zero-order chi connectivity index (χ0) is 13.8. The predicted octanol–water partition coefficient (Wildman–Crippen LogP) is 0.786. The van der Waals surface area contributed by atoms with Crippen LogP contribution in [0.2, 0.25) is 0 Å². The van der Waals surface area contributed by atoms with Crippen LogP contribution in [-0.4, -0.2) is 49.6 Å². The number of esters is 1. The Labute approximate surface area is 109 Å². The molecule has 104 valence electrons. The molecule has 1 N–H and O–H groups in total. The van der Waals surface area contributed by atoms with E-state index in [4.69, 9.17) is 0 Å². The van der Waals surface area contributed by atoms with Gasteiger partial charge in [-0.25, -0.2) is 0 Å². The van der Waals surface area contributed by atoms with E-state index < -0.39 is 0 Å². The largest absolute Gasteiger partial charge is 0.468 e. The van der Waals surface area contributed by atoms with Gasteiger partial charge in [0.1, 0.15) is 6.54 Å². The van der Waals surface area contributed by atoms with Gasteiger partial charge in [0.2, 0.25) is 5.91 Å². The number of methoxy groups -OCH3 is 1. The minimum absolute atomic E-state index is 0.00307. The van der Waals surface area contributed by atoms with Crippen molar-refractivity contribution in [2.45, 2.75) is 39.7 Å². The number of carbonyl (C=O) groups excluding carboxylic acids is 2. The number of ether oxygens (including phenoxy) is 1. The Kier molecular flexibility index (Phi) is 5.14. The lowest BCUT2D eigenvalue weighted by Crippen LogP contribution is -2.51. The molecule has 0 aromatic carbocycles. The molecule has 1 amide bonds. The van der Waals surface area contributed by atoms with Gasteiger partial charge in [-0.15, -0.1) is 0 Å². The Balaban J connectivity index is 2.78. The molecule has 1 heterocycles. The zero-order valence-electron chi connectivity index (χ0n) is 11.8. The van der Waals surface area contributed by atoms with E-state index >= 15 is 0 Å². The fourth-order valence-corrected chi connectivity index (χ4v) is 2.23. The number of carbonyl (C=O) groups is 2. The number of nitrogens with zero attached hydrogens (tertiary/aromatic N) is 1. The standard InChI is InChI=1S/C13H24N2O3/c1-10(2)15(9-11(16)18-4)12(17)13(3)5-7-14-8-6-13/h10,14H,5-9H2,1-4H3. The molecule has 0 spiro atoms. The Bertz CT molecular complexity index is 309. The second-order valence-corrected chi connectivity index (χ2v) is 5.41. The first kappa shape index (κ1) is 15.0. The van der Waals surface area contributed by atoms with E-state index in [0.29, 0.717) is 0 Å². The van der Waals surface area contributed by atoms with Crippen molar-refractivity contribution in [1.29, 1.82) is 0 Å². The highest BCUT2D eigenvalue weighted by Crippen LogP contribution is 2.31. The van der Waals surface area contributed by atoms with Crippen LogP contribution in [0, 0.1) is 5.41 Å². The number of hydrogen-bond acceptors (Lipinski definition) is 4. The minimum Gasteiger partial charge on any atom is -0.468 e. The van der Waals surface area contributed by atoms with Gasteiger partial charge >= 0.3 is 5.97 Å². The monoisotopic (exact) mass is 256 g/mol. The predicted molar refractivity (Wildman–Crippen MR) is 69.1 cm³/mol. The molecule has 18 heavy (non-hydrogen) atoms. The van der Waals surface area contributed by atoms with Gasteiger partial charge in [-0.1, -0.05) is 6.92 Å². The van der Waals surface area contributed by atoms with E-state index in [1.807, 2.05) is 20.8 Å². The van der Waals surface area contributed by atoms with Crippen LogP contribution in [0.25, 0.3) is 0 Å². The molecule has 0 unspecified atom stereocenters. The minimum atomic E-state index is -0.366. The lowest BCUT2D eigenvalue weighted by Gasteiger charge is -2.38. The highest BCUT2D eigenvalue weighted by atomic mass is 16.5. The van der Waals surface area contributed by atoms with Gasteiger partial charge in [-0.3, -0.25) is 9.59 Å². The van der Waals surface area contributed by atoms with Gasteiger partial charge in [0.25, 0.3) is 0 Å². The summed E-state index contributed by atoms with van der Waals surface area (Å²) in [5.41, 5.74) is -0.358. The lowest BCUT2D eigenvalue weighted by atomic mass is 9.79. The van der Waals surface area contributed by atoms with Gasteiger partial charge in [0.05, 0.1) is 7.11 Å².